The number of para-hydroxylation sites is 3. The minimum atomic E-state index is 0.942. The van der Waals surface area contributed by atoms with Gasteiger partial charge in [-0.3, -0.25) is 4.57 Å². The van der Waals surface area contributed by atoms with Crippen molar-refractivity contribution in [2.45, 2.75) is 0 Å². The van der Waals surface area contributed by atoms with Gasteiger partial charge in [-0.1, -0.05) is 66.7 Å². The van der Waals surface area contributed by atoms with Crippen LogP contribution in [-0.4, -0.2) is 14.1 Å². The number of fused-ring (bicyclic) bond motifs is 10. The smallest absolute Gasteiger partial charge is 0.137 e. The average molecular weight is 516 g/mol. The molecule has 0 aliphatic carbocycles. The molecule has 0 saturated carbocycles. The number of thiophene rings is 1. The molecule has 0 fully saturated rings. The highest BCUT2D eigenvalue weighted by molar-refractivity contribution is 7.26. The highest BCUT2D eigenvalue weighted by atomic mass is 32.1. The van der Waals surface area contributed by atoms with Crippen LogP contribution in [0.2, 0.25) is 0 Å². The molecule has 0 aliphatic rings. The van der Waals surface area contributed by atoms with Crippen molar-refractivity contribution in [3.63, 3.8) is 0 Å². The fraction of sp³-hybridized carbons (Fsp3) is 0. The molecule has 4 heteroatoms. The van der Waals surface area contributed by atoms with Crippen LogP contribution in [0.5, 0.6) is 0 Å². The van der Waals surface area contributed by atoms with Crippen molar-refractivity contribution < 1.29 is 0 Å². The Balaban J connectivity index is 1.37. The van der Waals surface area contributed by atoms with E-state index in [-0.39, 0.29) is 0 Å². The summed E-state index contributed by atoms with van der Waals surface area (Å²) in [7, 11) is 0. The lowest BCUT2D eigenvalue weighted by Gasteiger charge is -2.08. The Bertz CT molecular complexity index is 2340. The third kappa shape index (κ3) is 2.84. The van der Waals surface area contributed by atoms with Gasteiger partial charge in [-0.15, -0.1) is 11.3 Å². The highest BCUT2D eigenvalue weighted by Gasteiger charge is 2.18. The van der Waals surface area contributed by atoms with Gasteiger partial charge in [-0.25, -0.2) is 4.98 Å². The minimum absolute atomic E-state index is 0.942. The number of pyridine rings is 1. The monoisotopic (exact) mass is 515 g/mol. The Morgan fingerprint density at radius 3 is 1.87 bits per heavy atom. The van der Waals surface area contributed by atoms with Crippen LogP contribution in [0.3, 0.4) is 0 Å². The lowest BCUT2D eigenvalue weighted by atomic mass is 10.1. The summed E-state index contributed by atoms with van der Waals surface area (Å²) in [6.45, 7) is 0. The summed E-state index contributed by atoms with van der Waals surface area (Å²) < 4.78 is 7.32. The van der Waals surface area contributed by atoms with E-state index in [1.54, 1.807) is 0 Å². The van der Waals surface area contributed by atoms with Crippen molar-refractivity contribution in [1.82, 2.24) is 14.1 Å². The standard InChI is InChI=1S/C35H21N3S/c1-4-12-28-23(9-1)24-10-2-5-13-29(24)37(28)22-16-19-32-27(21-22)25-17-18-31-34(35(25)39-32)26-11-3-6-14-30(26)38(31)33-15-7-8-20-36-33/h1-21H. The average Bonchev–Trinajstić information content (AvgIpc) is 3.65. The second-order valence-corrected chi connectivity index (χ2v) is 11.1. The maximum Gasteiger partial charge on any atom is 0.137 e. The van der Waals surface area contributed by atoms with Crippen LogP contribution in [0.4, 0.5) is 0 Å². The fourth-order valence-electron chi connectivity index (χ4n) is 6.35. The maximum absolute atomic E-state index is 4.70. The van der Waals surface area contributed by atoms with E-state index in [4.69, 9.17) is 4.98 Å². The van der Waals surface area contributed by atoms with Crippen LogP contribution < -0.4 is 0 Å². The molecule has 5 aromatic carbocycles. The third-order valence-corrected chi connectivity index (χ3v) is 9.18. The van der Waals surface area contributed by atoms with Crippen LogP contribution >= 0.6 is 11.3 Å². The van der Waals surface area contributed by atoms with Crippen molar-refractivity contribution in [3.05, 3.63) is 128 Å². The van der Waals surface area contributed by atoms with Crippen molar-refractivity contribution in [1.29, 1.82) is 0 Å². The van der Waals surface area contributed by atoms with Gasteiger partial charge in [0.25, 0.3) is 0 Å². The van der Waals surface area contributed by atoms with Gasteiger partial charge in [-0.05, 0) is 54.6 Å². The van der Waals surface area contributed by atoms with Gasteiger partial charge in [0.15, 0.2) is 0 Å². The number of nitrogens with zero attached hydrogens (tertiary/aromatic N) is 3. The van der Waals surface area contributed by atoms with E-state index in [0.717, 1.165) is 5.82 Å². The van der Waals surface area contributed by atoms with Gasteiger partial charge in [0.1, 0.15) is 5.82 Å². The van der Waals surface area contributed by atoms with Crippen molar-refractivity contribution in [2.75, 3.05) is 0 Å². The number of aromatic nitrogens is 3. The summed E-state index contributed by atoms with van der Waals surface area (Å²) in [5.41, 5.74) is 6.03. The Labute approximate surface area is 227 Å². The van der Waals surface area contributed by atoms with E-state index in [1.165, 1.54) is 69.5 Å². The molecule has 0 bridgehead atoms. The molecule has 9 rings (SSSR count). The first-order chi connectivity index (χ1) is 19.4. The van der Waals surface area contributed by atoms with Gasteiger partial charge >= 0.3 is 0 Å². The maximum atomic E-state index is 4.70. The largest absolute Gasteiger partial charge is 0.309 e. The molecule has 3 nitrogen and oxygen atoms in total. The molecular formula is C35H21N3S. The van der Waals surface area contributed by atoms with Gasteiger partial charge in [-0.2, -0.15) is 0 Å². The molecule has 0 amide bonds. The summed E-state index contributed by atoms with van der Waals surface area (Å²) in [5.74, 6) is 0.942. The molecule has 4 aromatic heterocycles. The summed E-state index contributed by atoms with van der Waals surface area (Å²) in [4.78, 5) is 4.70. The first kappa shape index (κ1) is 21.1. The van der Waals surface area contributed by atoms with Crippen molar-refractivity contribution in [2.24, 2.45) is 0 Å². The van der Waals surface area contributed by atoms with Crippen molar-refractivity contribution >= 4 is 75.1 Å². The molecule has 182 valence electrons. The van der Waals surface area contributed by atoms with Crippen LogP contribution in [-0.2, 0) is 0 Å². The van der Waals surface area contributed by atoms with Crippen molar-refractivity contribution in [3.8, 4) is 11.5 Å². The Morgan fingerprint density at radius 1 is 0.487 bits per heavy atom. The zero-order valence-electron chi connectivity index (χ0n) is 20.9. The summed E-state index contributed by atoms with van der Waals surface area (Å²) >= 11 is 1.88. The van der Waals surface area contributed by atoms with Gasteiger partial charge in [0.2, 0.25) is 0 Å². The summed E-state index contributed by atoms with van der Waals surface area (Å²) in [6.07, 6.45) is 1.87. The summed E-state index contributed by atoms with van der Waals surface area (Å²) in [6, 6.07) is 43.7. The highest BCUT2D eigenvalue weighted by Crippen LogP contribution is 2.44. The number of benzene rings is 5. The quantitative estimate of drug-likeness (QED) is 0.225. The van der Waals surface area contributed by atoms with E-state index in [9.17, 15) is 0 Å². The predicted molar refractivity (Wildman–Crippen MR) is 166 cm³/mol. The van der Waals surface area contributed by atoms with Crippen LogP contribution in [0.1, 0.15) is 0 Å². The van der Waals surface area contributed by atoms with E-state index in [2.05, 4.69) is 124 Å². The van der Waals surface area contributed by atoms with Crippen LogP contribution in [0.25, 0.3) is 75.3 Å². The van der Waals surface area contributed by atoms with E-state index >= 15 is 0 Å². The van der Waals surface area contributed by atoms with Gasteiger partial charge in [0.05, 0.1) is 22.1 Å². The first-order valence-electron chi connectivity index (χ1n) is 13.2. The Morgan fingerprint density at radius 2 is 1.15 bits per heavy atom. The Hall–Kier alpha value is -4.93. The normalized spacial score (nSPS) is 12.1. The number of hydrogen-bond acceptors (Lipinski definition) is 2. The molecule has 0 N–H and O–H groups in total. The van der Waals surface area contributed by atoms with Crippen LogP contribution in [0, 0.1) is 0 Å². The lowest BCUT2D eigenvalue weighted by Crippen LogP contribution is -1.95. The molecule has 0 radical (unpaired) electrons. The lowest BCUT2D eigenvalue weighted by molar-refractivity contribution is 1.08. The molecule has 0 unspecified atom stereocenters. The van der Waals surface area contributed by atoms with E-state index < -0.39 is 0 Å². The molecule has 39 heavy (non-hydrogen) atoms. The second kappa shape index (κ2) is 7.79. The molecule has 0 aliphatic heterocycles. The van der Waals surface area contributed by atoms with Gasteiger partial charge < -0.3 is 4.57 Å². The third-order valence-electron chi connectivity index (χ3n) is 7.97. The Kier molecular flexibility index (Phi) is 4.21. The zero-order chi connectivity index (χ0) is 25.5. The minimum Gasteiger partial charge on any atom is -0.309 e. The zero-order valence-corrected chi connectivity index (χ0v) is 21.7. The molecule has 0 atom stereocenters. The summed E-state index contributed by atoms with van der Waals surface area (Å²) in [5, 5.41) is 7.73. The van der Waals surface area contributed by atoms with E-state index in [0.29, 0.717) is 0 Å². The molecule has 9 aromatic rings. The van der Waals surface area contributed by atoms with E-state index in [1.807, 2.05) is 23.6 Å². The second-order valence-electron chi connectivity index (χ2n) is 10.0. The fourth-order valence-corrected chi connectivity index (χ4v) is 7.59. The molecule has 4 heterocycles. The number of rotatable bonds is 2. The SMILES string of the molecule is c1ccc(-n2c3ccccc3c3c4sc5ccc(-n6c7ccccc7c7ccccc76)cc5c4ccc32)nc1. The predicted octanol–water partition coefficient (Wildman–Crippen LogP) is 9.64. The molecule has 0 spiro atoms. The number of hydrogen-bond donors (Lipinski definition) is 0. The van der Waals surface area contributed by atoms with Gasteiger partial charge in [0, 0.05) is 53.6 Å². The molecule has 0 saturated heterocycles. The van der Waals surface area contributed by atoms with Crippen LogP contribution in [0.15, 0.2) is 128 Å². The molecular weight excluding hydrogens is 494 g/mol. The first-order valence-corrected chi connectivity index (χ1v) is 14.0. The topological polar surface area (TPSA) is 22.8 Å².